The Morgan fingerprint density at radius 1 is 1.07 bits per heavy atom. The lowest BCUT2D eigenvalue weighted by atomic mass is 9.95. The summed E-state index contributed by atoms with van der Waals surface area (Å²) in [7, 11) is 3.31. The van der Waals surface area contributed by atoms with Crippen LogP contribution >= 0.6 is 0 Å². The summed E-state index contributed by atoms with van der Waals surface area (Å²) >= 11 is 0. The van der Waals surface area contributed by atoms with Gasteiger partial charge in [-0.1, -0.05) is 31.2 Å². The second-order valence-corrected chi connectivity index (χ2v) is 6.99. The van der Waals surface area contributed by atoms with Crippen molar-refractivity contribution < 1.29 is 14.3 Å². The third-order valence-corrected chi connectivity index (χ3v) is 5.47. The Labute approximate surface area is 164 Å². The largest absolute Gasteiger partial charge is 0.497 e. The standard InChI is InChI=1S/C22H23N3O3/c1-4-14-5-9-16(10-6-14)25-13-18-19(21(25)26)20(23-22(27)24(18)2)15-7-11-17(28-3)12-8-15/h5-12,20H,4,13H2,1-3H3,(H,23,27)/t20-/m1/s1. The van der Waals surface area contributed by atoms with Crippen LogP contribution in [0.3, 0.4) is 0 Å². The zero-order valence-electron chi connectivity index (χ0n) is 16.2. The highest BCUT2D eigenvalue weighted by Gasteiger charge is 2.43. The fourth-order valence-electron chi connectivity index (χ4n) is 3.73. The molecule has 1 N–H and O–H groups in total. The minimum absolute atomic E-state index is 0.0769. The van der Waals surface area contributed by atoms with Gasteiger partial charge >= 0.3 is 6.03 Å². The average Bonchev–Trinajstić information content (AvgIpc) is 3.08. The van der Waals surface area contributed by atoms with E-state index in [9.17, 15) is 9.59 Å². The summed E-state index contributed by atoms with van der Waals surface area (Å²) in [5.74, 6) is 0.652. The number of carbonyl (C=O) groups excluding carboxylic acids is 2. The molecule has 0 unspecified atom stereocenters. The molecule has 0 saturated heterocycles. The monoisotopic (exact) mass is 377 g/mol. The SMILES string of the molecule is CCc1ccc(N2CC3=C(C2=O)[C@@H](c2ccc(OC)cc2)NC(=O)N3C)cc1. The molecule has 0 fully saturated rings. The summed E-state index contributed by atoms with van der Waals surface area (Å²) in [6.07, 6.45) is 0.948. The fraction of sp³-hybridized carbons (Fsp3) is 0.273. The van der Waals surface area contributed by atoms with Crippen LogP contribution in [0.4, 0.5) is 10.5 Å². The number of urea groups is 1. The zero-order valence-corrected chi connectivity index (χ0v) is 16.2. The van der Waals surface area contributed by atoms with E-state index in [4.69, 9.17) is 4.74 Å². The summed E-state index contributed by atoms with van der Waals surface area (Å²) in [5.41, 5.74) is 4.27. The van der Waals surface area contributed by atoms with Gasteiger partial charge < -0.3 is 15.0 Å². The molecule has 3 amide bonds. The molecule has 1 atom stereocenters. The average molecular weight is 377 g/mol. The number of aryl methyl sites for hydroxylation is 1. The van der Waals surface area contributed by atoms with Gasteiger partial charge in [0, 0.05) is 12.7 Å². The third kappa shape index (κ3) is 2.91. The van der Waals surface area contributed by atoms with Crippen LogP contribution in [-0.2, 0) is 11.2 Å². The maximum atomic E-state index is 13.3. The number of nitrogens with zero attached hydrogens (tertiary/aromatic N) is 2. The summed E-state index contributed by atoms with van der Waals surface area (Å²) in [6, 6.07) is 14.7. The molecule has 0 aromatic heterocycles. The second-order valence-electron chi connectivity index (χ2n) is 6.99. The van der Waals surface area contributed by atoms with E-state index < -0.39 is 6.04 Å². The summed E-state index contributed by atoms with van der Waals surface area (Å²) in [5, 5.41) is 2.95. The van der Waals surface area contributed by atoms with Crippen molar-refractivity contribution in [3.63, 3.8) is 0 Å². The number of benzene rings is 2. The molecule has 6 nitrogen and oxygen atoms in total. The molecule has 4 rings (SSSR count). The maximum Gasteiger partial charge on any atom is 0.322 e. The number of amides is 3. The summed E-state index contributed by atoms with van der Waals surface area (Å²) in [4.78, 5) is 29.1. The molecule has 0 aliphatic carbocycles. The zero-order chi connectivity index (χ0) is 19.8. The molecular formula is C22H23N3O3. The van der Waals surface area contributed by atoms with Crippen LogP contribution in [0.1, 0.15) is 24.1 Å². The van der Waals surface area contributed by atoms with Crippen LogP contribution in [0.15, 0.2) is 59.8 Å². The molecule has 2 aliphatic heterocycles. The number of likely N-dealkylation sites (N-methyl/N-ethyl adjacent to an activating group) is 1. The molecule has 0 spiro atoms. The number of methoxy groups -OCH3 is 1. The maximum absolute atomic E-state index is 13.3. The van der Waals surface area contributed by atoms with Crippen molar-refractivity contribution >= 4 is 17.6 Å². The van der Waals surface area contributed by atoms with Gasteiger partial charge in [-0.25, -0.2) is 4.79 Å². The lowest BCUT2D eigenvalue weighted by Crippen LogP contribution is -2.45. The smallest absolute Gasteiger partial charge is 0.322 e. The van der Waals surface area contributed by atoms with Gasteiger partial charge in [0.05, 0.1) is 31.0 Å². The predicted molar refractivity (Wildman–Crippen MR) is 107 cm³/mol. The van der Waals surface area contributed by atoms with Crippen molar-refractivity contribution in [3.8, 4) is 5.75 Å². The van der Waals surface area contributed by atoms with Gasteiger partial charge in [0.15, 0.2) is 0 Å². The predicted octanol–water partition coefficient (Wildman–Crippen LogP) is 3.25. The van der Waals surface area contributed by atoms with E-state index >= 15 is 0 Å². The van der Waals surface area contributed by atoms with Crippen molar-refractivity contribution in [3.05, 3.63) is 70.9 Å². The Morgan fingerprint density at radius 2 is 1.75 bits per heavy atom. The van der Waals surface area contributed by atoms with E-state index in [2.05, 4.69) is 12.2 Å². The van der Waals surface area contributed by atoms with Gasteiger partial charge in [-0.3, -0.25) is 9.69 Å². The van der Waals surface area contributed by atoms with Gasteiger partial charge in [0.25, 0.3) is 5.91 Å². The number of carbonyl (C=O) groups is 2. The number of ether oxygens (including phenoxy) is 1. The van der Waals surface area contributed by atoms with E-state index in [1.807, 2.05) is 48.5 Å². The number of hydrogen-bond acceptors (Lipinski definition) is 3. The highest BCUT2D eigenvalue weighted by Crippen LogP contribution is 2.37. The first-order valence-electron chi connectivity index (χ1n) is 9.35. The lowest BCUT2D eigenvalue weighted by molar-refractivity contribution is -0.114. The van der Waals surface area contributed by atoms with Crippen molar-refractivity contribution in [1.82, 2.24) is 10.2 Å². The summed E-state index contributed by atoms with van der Waals surface area (Å²) < 4.78 is 5.21. The minimum Gasteiger partial charge on any atom is -0.497 e. The van der Waals surface area contributed by atoms with Crippen LogP contribution in [-0.4, -0.2) is 37.5 Å². The van der Waals surface area contributed by atoms with Crippen LogP contribution in [0.2, 0.25) is 0 Å². The highest BCUT2D eigenvalue weighted by molar-refractivity contribution is 6.11. The van der Waals surface area contributed by atoms with Crippen molar-refractivity contribution in [2.75, 3.05) is 25.6 Å². The fourth-order valence-corrected chi connectivity index (χ4v) is 3.73. The van der Waals surface area contributed by atoms with Crippen LogP contribution < -0.4 is 15.0 Å². The Hall–Kier alpha value is -3.28. The van der Waals surface area contributed by atoms with E-state index in [1.165, 1.54) is 10.5 Å². The van der Waals surface area contributed by atoms with E-state index in [-0.39, 0.29) is 11.9 Å². The molecule has 6 heteroatoms. The third-order valence-electron chi connectivity index (χ3n) is 5.47. The Balaban J connectivity index is 1.70. The minimum atomic E-state index is -0.475. The van der Waals surface area contributed by atoms with E-state index in [0.29, 0.717) is 12.1 Å². The lowest BCUT2D eigenvalue weighted by Gasteiger charge is -2.31. The van der Waals surface area contributed by atoms with Gasteiger partial charge in [-0.05, 0) is 41.8 Å². The van der Waals surface area contributed by atoms with E-state index in [1.54, 1.807) is 19.1 Å². The molecule has 0 radical (unpaired) electrons. The normalized spacial score (nSPS) is 19.0. The van der Waals surface area contributed by atoms with Crippen LogP contribution in [0, 0.1) is 0 Å². The highest BCUT2D eigenvalue weighted by atomic mass is 16.5. The Morgan fingerprint density at radius 3 is 2.36 bits per heavy atom. The van der Waals surface area contributed by atoms with Gasteiger partial charge in [-0.15, -0.1) is 0 Å². The first-order valence-corrected chi connectivity index (χ1v) is 9.35. The van der Waals surface area contributed by atoms with Gasteiger partial charge in [0.2, 0.25) is 0 Å². The molecule has 2 aliphatic rings. The quantitative estimate of drug-likeness (QED) is 0.890. The first kappa shape index (κ1) is 18.1. The molecule has 2 aromatic rings. The molecule has 144 valence electrons. The van der Waals surface area contributed by atoms with Crippen LogP contribution in [0.5, 0.6) is 5.75 Å². The van der Waals surface area contributed by atoms with Gasteiger partial charge in [-0.2, -0.15) is 0 Å². The Bertz CT molecular complexity index is 948. The Kier molecular flexibility index (Phi) is 4.55. The van der Waals surface area contributed by atoms with Crippen LogP contribution in [0.25, 0.3) is 0 Å². The molecule has 0 saturated carbocycles. The number of hydrogen-bond donors (Lipinski definition) is 1. The second kappa shape index (κ2) is 7.03. The van der Waals surface area contributed by atoms with E-state index in [0.717, 1.165) is 29.1 Å². The molecule has 2 aromatic carbocycles. The number of nitrogens with one attached hydrogen (secondary N) is 1. The molecule has 28 heavy (non-hydrogen) atoms. The van der Waals surface area contributed by atoms with Crippen molar-refractivity contribution in [2.45, 2.75) is 19.4 Å². The number of rotatable bonds is 4. The van der Waals surface area contributed by atoms with Crippen molar-refractivity contribution in [2.24, 2.45) is 0 Å². The molecule has 2 heterocycles. The first-order chi connectivity index (χ1) is 13.5. The molecule has 0 bridgehead atoms. The van der Waals surface area contributed by atoms with Crippen molar-refractivity contribution in [1.29, 1.82) is 0 Å². The topological polar surface area (TPSA) is 61.9 Å². The number of anilines is 1. The summed E-state index contributed by atoms with van der Waals surface area (Å²) in [6.45, 7) is 2.48. The van der Waals surface area contributed by atoms with Gasteiger partial charge in [0.1, 0.15) is 5.75 Å². The molecular weight excluding hydrogens is 354 g/mol.